The molecule has 1 saturated heterocycles. The van der Waals surface area contributed by atoms with E-state index in [-0.39, 0.29) is 24.2 Å². The Hall–Kier alpha value is -2.61. The van der Waals surface area contributed by atoms with Crippen LogP contribution in [0.1, 0.15) is 25.8 Å². The third-order valence-electron chi connectivity index (χ3n) is 4.36. The number of non-ortho nitro benzene ring substituents is 1. The highest BCUT2D eigenvalue weighted by Crippen LogP contribution is 2.45. The van der Waals surface area contributed by atoms with Crippen molar-refractivity contribution in [1.82, 2.24) is 4.90 Å². The summed E-state index contributed by atoms with van der Waals surface area (Å²) in [5, 5.41) is 10.7. The molecular weight excluding hydrogens is 356 g/mol. The van der Waals surface area contributed by atoms with E-state index in [9.17, 15) is 19.7 Å². The summed E-state index contributed by atoms with van der Waals surface area (Å²) in [6.07, 6.45) is 2.44. The predicted octanol–water partition coefficient (Wildman–Crippen LogP) is 3.16. The first kappa shape index (κ1) is 18.2. The number of rotatable bonds is 6. The number of nitrogens with zero attached hydrogens (tertiary/aromatic N) is 2. The van der Waals surface area contributed by atoms with E-state index in [1.807, 2.05) is 13.8 Å². The first-order chi connectivity index (χ1) is 12.5. The highest BCUT2D eigenvalue weighted by atomic mass is 32.2. The molecule has 8 heteroatoms. The predicted molar refractivity (Wildman–Crippen MR) is 97.1 cm³/mol. The smallest absolute Gasteiger partial charge is 0.356 e. The van der Waals surface area contributed by atoms with Gasteiger partial charge in [0.2, 0.25) is 0 Å². The topological polar surface area (TPSA) is 89.8 Å². The lowest BCUT2D eigenvalue weighted by molar-refractivity contribution is -0.384. The molecule has 2 aliphatic heterocycles. The molecule has 2 heterocycles. The van der Waals surface area contributed by atoms with Crippen molar-refractivity contribution in [3.8, 4) is 0 Å². The van der Waals surface area contributed by atoms with E-state index in [4.69, 9.17) is 4.74 Å². The van der Waals surface area contributed by atoms with E-state index >= 15 is 0 Å². The van der Waals surface area contributed by atoms with Gasteiger partial charge in [0.1, 0.15) is 12.3 Å². The van der Waals surface area contributed by atoms with Gasteiger partial charge < -0.3 is 4.74 Å². The summed E-state index contributed by atoms with van der Waals surface area (Å²) in [7, 11) is 0. The Balaban J connectivity index is 1.72. The zero-order valence-corrected chi connectivity index (χ0v) is 15.2. The molecule has 26 heavy (non-hydrogen) atoms. The van der Waals surface area contributed by atoms with Crippen LogP contribution < -0.4 is 0 Å². The Morgan fingerprint density at radius 3 is 2.69 bits per heavy atom. The molecule has 0 saturated carbocycles. The number of thioether (sulfide) groups is 1. The van der Waals surface area contributed by atoms with Crippen molar-refractivity contribution in [3.63, 3.8) is 0 Å². The lowest BCUT2D eigenvalue weighted by Crippen LogP contribution is -2.52. The molecule has 2 aliphatic rings. The average Bonchev–Trinajstić information content (AvgIpc) is 2.95. The second-order valence-corrected chi connectivity index (χ2v) is 7.20. The first-order valence-corrected chi connectivity index (χ1v) is 9.22. The molecule has 136 valence electrons. The Morgan fingerprint density at radius 2 is 2.12 bits per heavy atom. The fraction of sp³-hybridized carbons (Fsp3) is 0.333. The van der Waals surface area contributed by atoms with E-state index in [1.165, 1.54) is 17.0 Å². The maximum atomic E-state index is 12.6. The number of esters is 1. The number of nitro groups is 1. The maximum Gasteiger partial charge on any atom is 0.356 e. The summed E-state index contributed by atoms with van der Waals surface area (Å²) in [6, 6.07) is 5.76. The molecule has 0 unspecified atom stereocenters. The van der Waals surface area contributed by atoms with Crippen LogP contribution in [0.4, 0.5) is 5.69 Å². The van der Waals surface area contributed by atoms with Gasteiger partial charge in [0, 0.05) is 29.0 Å². The molecule has 1 fully saturated rings. The third kappa shape index (κ3) is 3.12. The number of fused-ring (bicyclic) bond motifs is 1. The molecular formula is C18H18N2O5S. The van der Waals surface area contributed by atoms with Crippen molar-refractivity contribution >= 4 is 29.3 Å². The second-order valence-electron chi connectivity index (χ2n) is 5.84. The van der Waals surface area contributed by atoms with Crippen molar-refractivity contribution in [2.45, 2.75) is 32.9 Å². The molecule has 0 spiro atoms. The van der Waals surface area contributed by atoms with Crippen LogP contribution in [-0.4, -0.2) is 33.5 Å². The summed E-state index contributed by atoms with van der Waals surface area (Å²) < 4.78 is 5.37. The summed E-state index contributed by atoms with van der Waals surface area (Å²) in [5.41, 5.74) is 1.69. The Kier molecular flexibility index (Phi) is 5.13. The molecule has 1 aromatic carbocycles. The number of β-lactam (4-membered cyclic amide) rings is 1. The fourth-order valence-corrected chi connectivity index (χ4v) is 4.06. The Morgan fingerprint density at radius 1 is 1.42 bits per heavy atom. The highest BCUT2D eigenvalue weighted by Gasteiger charge is 2.51. The van der Waals surface area contributed by atoms with Crippen molar-refractivity contribution in [3.05, 3.63) is 62.2 Å². The monoisotopic (exact) mass is 374 g/mol. The second kappa shape index (κ2) is 7.33. The molecule has 1 amide bonds. The summed E-state index contributed by atoms with van der Waals surface area (Å²) in [4.78, 5) is 37.4. The number of nitro benzene ring substituents is 1. The van der Waals surface area contributed by atoms with E-state index < -0.39 is 10.9 Å². The van der Waals surface area contributed by atoms with Gasteiger partial charge in [-0.3, -0.25) is 19.8 Å². The van der Waals surface area contributed by atoms with Crippen LogP contribution in [0.3, 0.4) is 0 Å². The van der Waals surface area contributed by atoms with Crippen LogP contribution in [-0.2, 0) is 20.9 Å². The van der Waals surface area contributed by atoms with Crippen molar-refractivity contribution in [2.24, 2.45) is 0 Å². The largest absolute Gasteiger partial charge is 0.456 e. The Bertz CT molecular complexity index is 828. The fourth-order valence-electron chi connectivity index (χ4n) is 3.12. The van der Waals surface area contributed by atoms with E-state index in [2.05, 4.69) is 0 Å². The minimum atomic E-state index is -0.537. The van der Waals surface area contributed by atoms with Crippen molar-refractivity contribution in [2.75, 3.05) is 5.75 Å². The number of hydrogen-bond donors (Lipinski definition) is 0. The summed E-state index contributed by atoms with van der Waals surface area (Å²) in [5.74, 6) is 0.116. The van der Waals surface area contributed by atoms with E-state index in [1.54, 1.807) is 30.0 Å². The third-order valence-corrected chi connectivity index (χ3v) is 5.36. The number of benzene rings is 1. The van der Waals surface area contributed by atoms with Crippen molar-refractivity contribution in [1.29, 1.82) is 0 Å². The molecule has 0 N–H and O–H groups in total. The molecule has 0 aromatic heterocycles. The van der Waals surface area contributed by atoms with Gasteiger partial charge in [-0.05, 0) is 30.4 Å². The first-order valence-electron chi connectivity index (χ1n) is 8.24. The van der Waals surface area contributed by atoms with Gasteiger partial charge in [-0.15, -0.1) is 11.8 Å². The van der Waals surface area contributed by atoms with Gasteiger partial charge >= 0.3 is 5.97 Å². The Labute approximate surface area is 154 Å². The number of amides is 1. The summed E-state index contributed by atoms with van der Waals surface area (Å²) in [6.45, 7) is 3.81. The van der Waals surface area contributed by atoms with E-state index in [0.29, 0.717) is 17.7 Å². The number of carbonyl (C=O) groups is 2. The standard InChI is InChI=1S/C18H18N2O5S/c1-3-13-14-9-15(26-4-2)16(19(14)17(13)21)18(22)25-10-11-5-7-12(8-6-11)20(23)24/h3,5-8,14H,4,9-10H2,1-2H3/b13-3+/t14-/m1/s1. The molecule has 1 atom stereocenters. The number of allylic oxidation sites excluding steroid dienone is 1. The number of carbonyl (C=O) groups excluding carboxylic acids is 2. The zero-order chi connectivity index (χ0) is 18.8. The highest BCUT2D eigenvalue weighted by molar-refractivity contribution is 8.03. The minimum absolute atomic E-state index is 0.00638. The zero-order valence-electron chi connectivity index (χ0n) is 14.4. The van der Waals surface area contributed by atoms with Gasteiger partial charge in [-0.1, -0.05) is 13.0 Å². The number of ether oxygens (including phenoxy) is 1. The van der Waals surface area contributed by atoms with Crippen LogP contribution in [0.15, 0.2) is 46.5 Å². The maximum absolute atomic E-state index is 12.6. The van der Waals surface area contributed by atoms with Gasteiger partial charge in [0.15, 0.2) is 0 Å². The SMILES string of the molecule is C/C=C1/C(=O)N2C(C(=O)OCc3ccc([N+](=O)[O-])cc3)=C(SCC)C[C@H]12. The van der Waals surface area contributed by atoms with E-state index in [0.717, 1.165) is 16.2 Å². The van der Waals surface area contributed by atoms with Crippen LogP contribution in [0.5, 0.6) is 0 Å². The minimum Gasteiger partial charge on any atom is -0.456 e. The normalized spacial score (nSPS) is 20.2. The molecule has 1 aromatic rings. The van der Waals surface area contributed by atoms with Crippen LogP contribution in [0.2, 0.25) is 0 Å². The van der Waals surface area contributed by atoms with Gasteiger partial charge in [-0.25, -0.2) is 4.79 Å². The van der Waals surface area contributed by atoms with Gasteiger partial charge in [0.05, 0.1) is 11.0 Å². The molecule has 0 aliphatic carbocycles. The number of hydrogen-bond acceptors (Lipinski definition) is 6. The van der Waals surface area contributed by atoms with Crippen LogP contribution in [0, 0.1) is 10.1 Å². The van der Waals surface area contributed by atoms with Crippen LogP contribution >= 0.6 is 11.8 Å². The quantitative estimate of drug-likeness (QED) is 0.250. The van der Waals surface area contributed by atoms with Crippen LogP contribution in [0.25, 0.3) is 0 Å². The van der Waals surface area contributed by atoms with Crippen molar-refractivity contribution < 1.29 is 19.2 Å². The molecule has 3 rings (SSSR count). The lowest BCUT2D eigenvalue weighted by Gasteiger charge is -2.38. The molecule has 0 bridgehead atoms. The average molecular weight is 374 g/mol. The van der Waals surface area contributed by atoms with Gasteiger partial charge in [-0.2, -0.15) is 0 Å². The molecule has 0 radical (unpaired) electrons. The summed E-state index contributed by atoms with van der Waals surface area (Å²) >= 11 is 1.55. The lowest BCUT2D eigenvalue weighted by atomic mass is 9.94. The molecule has 7 nitrogen and oxygen atoms in total. The van der Waals surface area contributed by atoms with Gasteiger partial charge in [0.25, 0.3) is 11.6 Å².